The summed E-state index contributed by atoms with van der Waals surface area (Å²) in [7, 11) is 1.85. The summed E-state index contributed by atoms with van der Waals surface area (Å²) >= 11 is 0. The normalized spacial score (nSPS) is 23.7. The number of carbonyl (C=O) groups is 2. The van der Waals surface area contributed by atoms with Gasteiger partial charge in [0.15, 0.2) is 0 Å². The lowest BCUT2D eigenvalue weighted by Crippen LogP contribution is -2.43. The fourth-order valence-corrected chi connectivity index (χ4v) is 3.43. The fourth-order valence-electron chi connectivity index (χ4n) is 3.43. The van der Waals surface area contributed by atoms with Gasteiger partial charge >= 0.3 is 0 Å². The van der Waals surface area contributed by atoms with Gasteiger partial charge < -0.3 is 15.5 Å². The highest BCUT2D eigenvalue weighted by atomic mass is 35.5. The summed E-state index contributed by atoms with van der Waals surface area (Å²) in [6.45, 7) is 4.09. The molecule has 0 radical (unpaired) electrons. The molecular formula is C16H30ClN3O2. The van der Waals surface area contributed by atoms with Crippen LogP contribution >= 0.6 is 12.4 Å². The summed E-state index contributed by atoms with van der Waals surface area (Å²) < 4.78 is 0. The average molecular weight is 332 g/mol. The zero-order valence-electron chi connectivity index (χ0n) is 13.8. The van der Waals surface area contributed by atoms with Gasteiger partial charge in [-0.3, -0.25) is 9.59 Å². The van der Waals surface area contributed by atoms with Crippen molar-refractivity contribution in [3.05, 3.63) is 0 Å². The van der Waals surface area contributed by atoms with E-state index in [0.29, 0.717) is 19.0 Å². The molecule has 1 aliphatic heterocycles. The van der Waals surface area contributed by atoms with Gasteiger partial charge in [-0.2, -0.15) is 0 Å². The second kappa shape index (κ2) is 9.36. The third kappa shape index (κ3) is 5.13. The van der Waals surface area contributed by atoms with E-state index in [0.717, 1.165) is 25.8 Å². The molecule has 2 N–H and O–H groups in total. The molecule has 6 heteroatoms. The summed E-state index contributed by atoms with van der Waals surface area (Å²) in [6, 6.07) is 0.129. The molecule has 2 fully saturated rings. The first-order chi connectivity index (χ1) is 10.1. The molecule has 2 atom stereocenters. The van der Waals surface area contributed by atoms with Crippen molar-refractivity contribution < 1.29 is 9.59 Å². The second-order valence-electron chi connectivity index (χ2n) is 6.57. The van der Waals surface area contributed by atoms with E-state index in [4.69, 9.17) is 0 Å². The van der Waals surface area contributed by atoms with E-state index >= 15 is 0 Å². The van der Waals surface area contributed by atoms with E-state index in [1.165, 1.54) is 19.3 Å². The van der Waals surface area contributed by atoms with Crippen LogP contribution < -0.4 is 10.6 Å². The molecule has 1 saturated carbocycles. The molecule has 2 amide bonds. The van der Waals surface area contributed by atoms with E-state index in [1.807, 2.05) is 18.9 Å². The van der Waals surface area contributed by atoms with Crippen LogP contribution in [0.2, 0.25) is 0 Å². The van der Waals surface area contributed by atoms with Gasteiger partial charge in [-0.05, 0) is 26.3 Å². The number of halogens is 1. The van der Waals surface area contributed by atoms with Gasteiger partial charge in [0.25, 0.3) is 0 Å². The highest BCUT2D eigenvalue weighted by Gasteiger charge is 2.32. The van der Waals surface area contributed by atoms with Crippen molar-refractivity contribution in [3.8, 4) is 0 Å². The van der Waals surface area contributed by atoms with Gasteiger partial charge in [-0.1, -0.05) is 26.2 Å². The quantitative estimate of drug-likeness (QED) is 0.803. The maximum absolute atomic E-state index is 12.5. The Labute approximate surface area is 140 Å². The molecule has 0 spiro atoms. The van der Waals surface area contributed by atoms with Crippen LogP contribution in [0.3, 0.4) is 0 Å². The molecule has 128 valence electrons. The highest BCUT2D eigenvalue weighted by molar-refractivity contribution is 5.85. The summed E-state index contributed by atoms with van der Waals surface area (Å²) in [5.41, 5.74) is 0. The van der Waals surface area contributed by atoms with Gasteiger partial charge in [0.2, 0.25) is 11.8 Å². The molecule has 0 bridgehead atoms. The molecule has 1 heterocycles. The van der Waals surface area contributed by atoms with E-state index in [-0.39, 0.29) is 36.2 Å². The molecular weight excluding hydrogens is 302 g/mol. The van der Waals surface area contributed by atoms with Crippen molar-refractivity contribution in [1.29, 1.82) is 0 Å². The lowest BCUT2D eigenvalue weighted by atomic mass is 9.88. The summed E-state index contributed by atoms with van der Waals surface area (Å²) in [6.07, 6.45) is 6.62. The number of hydrogen-bond acceptors (Lipinski definition) is 3. The van der Waals surface area contributed by atoms with Gasteiger partial charge in [-0.25, -0.2) is 0 Å². The number of rotatable bonds is 5. The molecule has 5 nitrogen and oxygen atoms in total. The number of carbonyl (C=O) groups excluding carboxylic acids is 2. The Morgan fingerprint density at radius 3 is 2.50 bits per heavy atom. The molecule has 1 aliphatic carbocycles. The lowest BCUT2D eigenvalue weighted by molar-refractivity contribution is -0.135. The number of likely N-dealkylation sites (tertiary alicyclic amines) is 1. The summed E-state index contributed by atoms with van der Waals surface area (Å²) in [5, 5.41) is 6.10. The van der Waals surface area contributed by atoms with E-state index in [9.17, 15) is 9.59 Å². The maximum Gasteiger partial charge on any atom is 0.225 e. The van der Waals surface area contributed by atoms with Crippen molar-refractivity contribution in [2.75, 3.05) is 26.7 Å². The summed E-state index contributed by atoms with van der Waals surface area (Å²) in [4.78, 5) is 26.4. The first-order valence-electron chi connectivity index (χ1n) is 8.35. The van der Waals surface area contributed by atoms with Crippen molar-refractivity contribution in [2.45, 2.75) is 51.5 Å². The monoisotopic (exact) mass is 331 g/mol. The Hall–Kier alpha value is -0.810. The van der Waals surface area contributed by atoms with Crippen molar-refractivity contribution in [1.82, 2.24) is 15.5 Å². The molecule has 22 heavy (non-hydrogen) atoms. The van der Waals surface area contributed by atoms with Crippen LogP contribution in [0.5, 0.6) is 0 Å². The van der Waals surface area contributed by atoms with Crippen LogP contribution in [0.15, 0.2) is 0 Å². The molecule has 2 unspecified atom stereocenters. The van der Waals surface area contributed by atoms with Crippen LogP contribution in [-0.2, 0) is 9.59 Å². The fraction of sp³-hybridized carbons (Fsp3) is 0.875. The third-order valence-corrected chi connectivity index (χ3v) is 4.76. The van der Waals surface area contributed by atoms with E-state index in [1.54, 1.807) is 0 Å². The summed E-state index contributed by atoms with van der Waals surface area (Å²) in [5.74, 6) is 0.602. The Morgan fingerprint density at radius 2 is 1.86 bits per heavy atom. The highest BCUT2D eigenvalue weighted by Crippen LogP contribution is 2.26. The van der Waals surface area contributed by atoms with E-state index in [2.05, 4.69) is 10.6 Å². The number of nitrogens with one attached hydrogen (secondary N) is 2. The topological polar surface area (TPSA) is 61.4 Å². The molecule has 0 aromatic carbocycles. The zero-order chi connectivity index (χ0) is 15.2. The lowest BCUT2D eigenvalue weighted by Gasteiger charge is -2.26. The van der Waals surface area contributed by atoms with Crippen molar-refractivity contribution in [3.63, 3.8) is 0 Å². The van der Waals surface area contributed by atoms with Crippen molar-refractivity contribution >= 4 is 24.2 Å². The minimum atomic E-state index is -0.0295. The molecule has 2 aliphatic rings. The Kier molecular flexibility index (Phi) is 8.18. The number of nitrogens with zero attached hydrogens (tertiary/aromatic N) is 1. The van der Waals surface area contributed by atoms with Crippen LogP contribution in [-0.4, -0.2) is 49.4 Å². The molecule has 0 aromatic rings. The smallest absolute Gasteiger partial charge is 0.225 e. The molecule has 2 rings (SSSR count). The van der Waals surface area contributed by atoms with Crippen molar-refractivity contribution in [2.24, 2.45) is 11.8 Å². The Bertz CT molecular complexity index is 372. The van der Waals surface area contributed by atoms with Crippen LogP contribution in [0.1, 0.15) is 45.4 Å². The van der Waals surface area contributed by atoms with Crippen LogP contribution in [0, 0.1) is 11.8 Å². The Balaban J connectivity index is 0.00000242. The zero-order valence-corrected chi connectivity index (χ0v) is 14.6. The second-order valence-corrected chi connectivity index (χ2v) is 6.57. The first kappa shape index (κ1) is 19.2. The predicted octanol–water partition coefficient (Wildman–Crippen LogP) is 1.56. The minimum Gasteiger partial charge on any atom is -0.351 e. The maximum atomic E-state index is 12.5. The third-order valence-electron chi connectivity index (χ3n) is 4.76. The van der Waals surface area contributed by atoms with Gasteiger partial charge in [0.05, 0.1) is 0 Å². The SMILES string of the molecule is CNCC(C)C(=O)NC1CCN(C(=O)C2CCCCC2)C1.Cl. The predicted molar refractivity (Wildman–Crippen MR) is 90.0 cm³/mol. The largest absolute Gasteiger partial charge is 0.351 e. The van der Waals surface area contributed by atoms with Crippen LogP contribution in [0.25, 0.3) is 0 Å². The minimum absolute atomic E-state index is 0. The first-order valence-corrected chi connectivity index (χ1v) is 8.35. The Morgan fingerprint density at radius 1 is 1.18 bits per heavy atom. The van der Waals surface area contributed by atoms with E-state index < -0.39 is 0 Å². The van der Waals surface area contributed by atoms with Gasteiger partial charge in [0, 0.05) is 37.5 Å². The molecule has 0 aromatic heterocycles. The van der Waals surface area contributed by atoms with Gasteiger partial charge in [0.1, 0.15) is 0 Å². The number of amides is 2. The molecule has 1 saturated heterocycles. The standard InChI is InChI=1S/C16H29N3O2.ClH/c1-12(10-17-2)15(20)18-14-8-9-19(11-14)16(21)13-6-4-3-5-7-13;/h12-14,17H,3-11H2,1-2H3,(H,18,20);1H. The van der Waals surface area contributed by atoms with Gasteiger partial charge in [-0.15, -0.1) is 12.4 Å². The van der Waals surface area contributed by atoms with Crippen LogP contribution in [0.4, 0.5) is 0 Å². The number of hydrogen-bond donors (Lipinski definition) is 2. The average Bonchev–Trinajstić information content (AvgIpc) is 2.96.